The highest BCUT2D eigenvalue weighted by atomic mass is 14.1. The summed E-state index contributed by atoms with van der Waals surface area (Å²) in [6.07, 6.45) is 5.74. The summed E-state index contributed by atoms with van der Waals surface area (Å²) in [5.74, 6) is 0.709. The Morgan fingerprint density at radius 3 is 3.00 bits per heavy atom. The molecule has 1 aromatic carbocycles. The second-order valence-electron chi connectivity index (χ2n) is 3.74. The van der Waals surface area contributed by atoms with Crippen LogP contribution in [0.4, 0.5) is 0 Å². The Hall–Kier alpha value is -1.04. The van der Waals surface area contributed by atoms with Crippen LogP contribution in [0.25, 0.3) is 6.08 Å². The number of fused-ring (bicyclic) bond motifs is 1. The molecule has 0 bridgehead atoms. The van der Waals surface area contributed by atoms with Crippen LogP contribution in [0.2, 0.25) is 0 Å². The Bertz CT molecular complexity index is 321. The van der Waals surface area contributed by atoms with Gasteiger partial charge in [0.1, 0.15) is 0 Å². The van der Waals surface area contributed by atoms with Gasteiger partial charge in [-0.15, -0.1) is 0 Å². The van der Waals surface area contributed by atoms with E-state index in [9.17, 15) is 0 Å². The van der Waals surface area contributed by atoms with Crippen molar-refractivity contribution in [3.8, 4) is 0 Å². The topological polar surface area (TPSA) is 0 Å². The highest BCUT2D eigenvalue weighted by molar-refractivity contribution is 5.57. The van der Waals surface area contributed by atoms with Crippen molar-refractivity contribution >= 4 is 6.08 Å². The van der Waals surface area contributed by atoms with Gasteiger partial charge in [-0.25, -0.2) is 0 Å². The van der Waals surface area contributed by atoms with Crippen LogP contribution in [0.1, 0.15) is 23.6 Å². The lowest BCUT2D eigenvalue weighted by Gasteiger charge is -2.15. The van der Waals surface area contributed by atoms with E-state index in [0.717, 1.165) is 0 Å². The zero-order chi connectivity index (χ0) is 8.55. The van der Waals surface area contributed by atoms with E-state index in [0.29, 0.717) is 5.92 Å². The van der Waals surface area contributed by atoms with Gasteiger partial charge in [0.05, 0.1) is 0 Å². The molecule has 1 aliphatic rings. The smallest absolute Gasteiger partial charge is 0.0212 e. The molecule has 1 aromatic rings. The standard InChI is InChI=1S/C12H14/c1-9-3-5-12-8-10(2)4-6-11(12)7-9/h3-7,10H,8H2,1-2H3. The molecule has 12 heavy (non-hydrogen) atoms. The third-order valence-electron chi connectivity index (χ3n) is 2.45. The summed E-state index contributed by atoms with van der Waals surface area (Å²) in [6.45, 7) is 4.41. The summed E-state index contributed by atoms with van der Waals surface area (Å²) >= 11 is 0. The summed E-state index contributed by atoms with van der Waals surface area (Å²) in [5.41, 5.74) is 4.26. The van der Waals surface area contributed by atoms with Crippen molar-refractivity contribution in [2.24, 2.45) is 5.92 Å². The lowest BCUT2D eigenvalue weighted by molar-refractivity contribution is 0.717. The first-order chi connectivity index (χ1) is 5.75. The normalized spacial score (nSPS) is 20.7. The van der Waals surface area contributed by atoms with Gasteiger partial charge in [-0.3, -0.25) is 0 Å². The van der Waals surface area contributed by atoms with Gasteiger partial charge < -0.3 is 0 Å². The first-order valence-corrected chi connectivity index (χ1v) is 4.53. The zero-order valence-electron chi connectivity index (χ0n) is 7.67. The second-order valence-corrected chi connectivity index (χ2v) is 3.74. The summed E-state index contributed by atoms with van der Waals surface area (Å²) in [4.78, 5) is 0. The lowest BCUT2D eigenvalue weighted by atomic mass is 9.90. The maximum Gasteiger partial charge on any atom is -0.0212 e. The Morgan fingerprint density at radius 1 is 1.33 bits per heavy atom. The van der Waals surface area contributed by atoms with Crippen molar-refractivity contribution in [2.75, 3.05) is 0 Å². The fourth-order valence-electron chi connectivity index (χ4n) is 1.74. The van der Waals surface area contributed by atoms with Crippen molar-refractivity contribution in [2.45, 2.75) is 20.3 Å². The molecule has 0 amide bonds. The fourth-order valence-corrected chi connectivity index (χ4v) is 1.74. The predicted octanol–water partition coefficient (Wildman–Crippen LogP) is 3.20. The maximum atomic E-state index is 2.29. The van der Waals surface area contributed by atoms with Gasteiger partial charge in [-0.05, 0) is 30.4 Å². The molecule has 0 aliphatic heterocycles. The minimum Gasteiger partial charge on any atom is -0.0808 e. The molecule has 0 heterocycles. The molecule has 0 N–H and O–H groups in total. The molecule has 0 heteroatoms. The van der Waals surface area contributed by atoms with Crippen LogP contribution in [-0.4, -0.2) is 0 Å². The molecule has 0 spiro atoms. The SMILES string of the molecule is Cc1ccc2c(c1)C=CC(C)C2. The summed E-state index contributed by atoms with van der Waals surface area (Å²) in [5, 5.41) is 0. The number of hydrogen-bond donors (Lipinski definition) is 0. The summed E-state index contributed by atoms with van der Waals surface area (Å²) < 4.78 is 0. The number of rotatable bonds is 0. The summed E-state index contributed by atoms with van der Waals surface area (Å²) in [6, 6.07) is 6.72. The number of allylic oxidation sites excluding steroid dienone is 1. The van der Waals surface area contributed by atoms with Crippen molar-refractivity contribution in [3.63, 3.8) is 0 Å². The van der Waals surface area contributed by atoms with E-state index in [1.165, 1.54) is 23.1 Å². The first kappa shape index (κ1) is 7.60. The average molecular weight is 158 g/mol. The molecule has 0 saturated heterocycles. The van der Waals surface area contributed by atoms with Gasteiger partial charge in [0, 0.05) is 0 Å². The Morgan fingerprint density at radius 2 is 2.17 bits per heavy atom. The van der Waals surface area contributed by atoms with E-state index in [-0.39, 0.29) is 0 Å². The van der Waals surface area contributed by atoms with Crippen molar-refractivity contribution in [3.05, 3.63) is 41.0 Å². The molecule has 0 saturated carbocycles. The van der Waals surface area contributed by atoms with Crippen LogP contribution in [0.3, 0.4) is 0 Å². The minimum absolute atomic E-state index is 0.709. The van der Waals surface area contributed by atoms with Crippen LogP contribution in [0.5, 0.6) is 0 Å². The van der Waals surface area contributed by atoms with Crippen LogP contribution in [-0.2, 0) is 6.42 Å². The highest BCUT2D eigenvalue weighted by Crippen LogP contribution is 2.23. The van der Waals surface area contributed by atoms with Gasteiger partial charge in [-0.1, -0.05) is 42.8 Å². The molecule has 0 fully saturated rings. The quantitative estimate of drug-likeness (QED) is 0.544. The molecular weight excluding hydrogens is 144 g/mol. The van der Waals surface area contributed by atoms with E-state index in [2.05, 4.69) is 44.2 Å². The summed E-state index contributed by atoms with van der Waals surface area (Å²) in [7, 11) is 0. The van der Waals surface area contributed by atoms with E-state index in [1.54, 1.807) is 0 Å². The van der Waals surface area contributed by atoms with Crippen LogP contribution < -0.4 is 0 Å². The maximum absolute atomic E-state index is 2.29. The van der Waals surface area contributed by atoms with Crippen molar-refractivity contribution in [1.29, 1.82) is 0 Å². The van der Waals surface area contributed by atoms with E-state index in [4.69, 9.17) is 0 Å². The molecule has 0 nitrogen and oxygen atoms in total. The van der Waals surface area contributed by atoms with Crippen LogP contribution >= 0.6 is 0 Å². The largest absolute Gasteiger partial charge is 0.0808 e. The van der Waals surface area contributed by atoms with E-state index in [1.807, 2.05) is 0 Å². The average Bonchev–Trinajstić information content (AvgIpc) is 2.05. The third-order valence-corrected chi connectivity index (χ3v) is 2.45. The molecule has 2 rings (SSSR count). The van der Waals surface area contributed by atoms with Gasteiger partial charge in [0.25, 0.3) is 0 Å². The number of hydrogen-bond acceptors (Lipinski definition) is 0. The van der Waals surface area contributed by atoms with Gasteiger partial charge in [0.15, 0.2) is 0 Å². The van der Waals surface area contributed by atoms with Gasteiger partial charge >= 0.3 is 0 Å². The molecule has 0 aromatic heterocycles. The fraction of sp³-hybridized carbons (Fsp3) is 0.333. The first-order valence-electron chi connectivity index (χ1n) is 4.53. The monoisotopic (exact) mass is 158 g/mol. The van der Waals surface area contributed by atoms with Crippen LogP contribution in [0, 0.1) is 12.8 Å². The van der Waals surface area contributed by atoms with Gasteiger partial charge in [-0.2, -0.15) is 0 Å². The predicted molar refractivity (Wildman–Crippen MR) is 53.1 cm³/mol. The molecule has 62 valence electrons. The molecule has 0 radical (unpaired) electrons. The Kier molecular flexibility index (Phi) is 1.76. The van der Waals surface area contributed by atoms with Gasteiger partial charge in [0.2, 0.25) is 0 Å². The van der Waals surface area contributed by atoms with Crippen molar-refractivity contribution < 1.29 is 0 Å². The zero-order valence-corrected chi connectivity index (χ0v) is 7.67. The molecule has 1 unspecified atom stereocenters. The third kappa shape index (κ3) is 1.29. The highest BCUT2D eigenvalue weighted by Gasteiger charge is 2.08. The Balaban J connectivity index is 2.47. The lowest BCUT2D eigenvalue weighted by Crippen LogP contribution is -2.02. The molecular formula is C12H14. The van der Waals surface area contributed by atoms with E-state index < -0.39 is 0 Å². The minimum atomic E-state index is 0.709. The van der Waals surface area contributed by atoms with Crippen LogP contribution in [0.15, 0.2) is 24.3 Å². The second kappa shape index (κ2) is 2.78. The number of aryl methyl sites for hydroxylation is 1. The van der Waals surface area contributed by atoms with Crippen molar-refractivity contribution in [1.82, 2.24) is 0 Å². The van der Waals surface area contributed by atoms with E-state index >= 15 is 0 Å². The molecule has 1 atom stereocenters. The number of benzene rings is 1. The Labute approximate surface area is 73.9 Å². The molecule has 1 aliphatic carbocycles.